The molecular formula is C29H48O3. The molecule has 0 unspecified atom stereocenters. The minimum Gasteiger partial charge on any atom is -0.389 e. The first-order valence-corrected chi connectivity index (χ1v) is 13.3. The predicted molar refractivity (Wildman–Crippen MR) is 131 cm³/mol. The fraction of sp³-hybridized carbons (Fsp3) is 0.862. The minimum atomic E-state index is -0.422. The van der Waals surface area contributed by atoms with E-state index < -0.39 is 6.10 Å². The summed E-state index contributed by atoms with van der Waals surface area (Å²) in [5.41, 5.74) is 0.525. The number of aliphatic hydroxyl groups is 1. The maximum absolute atomic E-state index is 13.1. The van der Waals surface area contributed by atoms with Crippen LogP contribution in [0.5, 0.6) is 0 Å². The largest absolute Gasteiger partial charge is 0.389 e. The number of hydrogen-bond acceptors (Lipinski definition) is 3. The molecule has 0 bridgehead atoms. The predicted octanol–water partition coefficient (Wildman–Crippen LogP) is 6.77. The van der Waals surface area contributed by atoms with E-state index in [1.54, 1.807) is 0 Å². The average Bonchev–Trinajstić information content (AvgIpc) is 3.03. The normalized spacial score (nSPS) is 39.9. The zero-order valence-electron chi connectivity index (χ0n) is 21.6. The first-order chi connectivity index (χ1) is 14.9. The van der Waals surface area contributed by atoms with Crippen LogP contribution in [-0.4, -0.2) is 22.8 Å². The number of Topliss-reactive ketones (excluding diaryl/α,β-unsaturated/α-hetero) is 2. The number of rotatable bonds is 8. The van der Waals surface area contributed by atoms with Crippen LogP contribution in [0.4, 0.5) is 0 Å². The van der Waals surface area contributed by atoms with Gasteiger partial charge < -0.3 is 5.11 Å². The number of ketones is 2. The minimum absolute atomic E-state index is 0.00681. The van der Waals surface area contributed by atoms with Crippen molar-refractivity contribution in [2.75, 3.05) is 0 Å². The van der Waals surface area contributed by atoms with Gasteiger partial charge in [0.15, 0.2) is 0 Å². The van der Waals surface area contributed by atoms with Crippen molar-refractivity contribution in [3.63, 3.8) is 0 Å². The third-order valence-electron chi connectivity index (χ3n) is 10.5. The summed E-state index contributed by atoms with van der Waals surface area (Å²) in [4.78, 5) is 26.2. The Labute approximate surface area is 196 Å². The Morgan fingerprint density at radius 2 is 1.72 bits per heavy atom. The maximum atomic E-state index is 13.1. The molecule has 3 fully saturated rings. The molecule has 3 aliphatic carbocycles. The highest BCUT2D eigenvalue weighted by molar-refractivity contribution is 5.87. The second-order valence-corrected chi connectivity index (χ2v) is 12.5. The summed E-state index contributed by atoms with van der Waals surface area (Å²) in [6.07, 6.45) is 8.34. The van der Waals surface area contributed by atoms with Gasteiger partial charge in [0, 0.05) is 24.2 Å². The standard InChI is InChI=1S/C29H48O3/c1-18(2)19(3)8-9-20(4)22-11-13-27(32)29(22,7)16-14-24-26(31)12-10-23-21(5)25(30)15-17-28(23,24)6/h18-20,22-25,30H,5,8-17H2,1-4,6-7H3/t19-,20-,22-,23+,24+,25+,28+,29-/m1/s1. The lowest BCUT2D eigenvalue weighted by Gasteiger charge is -2.52. The van der Waals surface area contributed by atoms with E-state index in [1.807, 2.05) is 0 Å². The number of fused-ring (bicyclic) bond motifs is 1. The lowest BCUT2D eigenvalue weighted by atomic mass is 9.52. The molecule has 1 N–H and O–H groups in total. The van der Waals surface area contributed by atoms with Gasteiger partial charge in [0.1, 0.15) is 11.6 Å². The second-order valence-electron chi connectivity index (χ2n) is 12.5. The molecule has 0 saturated heterocycles. The Kier molecular flexibility index (Phi) is 7.80. The lowest BCUT2D eigenvalue weighted by Crippen LogP contribution is -2.49. The highest BCUT2D eigenvalue weighted by atomic mass is 16.3. The molecule has 0 spiro atoms. The van der Waals surface area contributed by atoms with Crippen molar-refractivity contribution in [3.05, 3.63) is 12.2 Å². The Bertz CT molecular complexity index is 724. The van der Waals surface area contributed by atoms with Crippen molar-refractivity contribution in [1.29, 1.82) is 0 Å². The molecule has 0 amide bonds. The van der Waals surface area contributed by atoms with Crippen LogP contribution in [0.25, 0.3) is 0 Å². The van der Waals surface area contributed by atoms with Crippen LogP contribution in [0.1, 0.15) is 106 Å². The molecule has 0 radical (unpaired) electrons. The number of aliphatic hydroxyl groups excluding tert-OH is 1. The summed E-state index contributed by atoms with van der Waals surface area (Å²) < 4.78 is 0. The molecule has 3 aliphatic rings. The zero-order valence-corrected chi connectivity index (χ0v) is 21.6. The summed E-state index contributed by atoms with van der Waals surface area (Å²) >= 11 is 0. The van der Waals surface area contributed by atoms with Crippen LogP contribution >= 0.6 is 0 Å². The van der Waals surface area contributed by atoms with Gasteiger partial charge in [0.25, 0.3) is 0 Å². The first kappa shape index (κ1) is 25.7. The van der Waals surface area contributed by atoms with E-state index >= 15 is 0 Å². The van der Waals surface area contributed by atoms with Crippen molar-refractivity contribution in [2.24, 2.45) is 46.3 Å². The molecule has 3 heteroatoms. The molecule has 0 aromatic rings. The monoisotopic (exact) mass is 444 g/mol. The molecule has 32 heavy (non-hydrogen) atoms. The van der Waals surface area contributed by atoms with Crippen LogP contribution in [0, 0.1) is 46.3 Å². The van der Waals surface area contributed by atoms with E-state index in [9.17, 15) is 14.7 Å². The molecule has 3 nitrogen and oxygen atoms in total. The molecule has 8 atom stereocenters. The summed E-state index contributed by atoms with van der Waals surface area (Å²) in [5.74, 6) is 3.40. The van der Waals surface area contributed by atoms with Gasteiger partial charge in [-0.1, -0.05) is 61.0 Å². The van der Waals surface area contributed by atoms with Gasteiger partial charge in [0.2, 0.25) is 0 Å². The van der Waals surface area contributed by atoms with Crippen LogP contribution < -0.4 is 0 Å². The molecule has 0 aliphatic heterocycles. The van der Waals surface area contributed by atoms with Crippen molar-refractivity contribution in [1.82, 2.24) is 0 Å². The van der Waals surface area contributed by atoms with E-state index in [1.165, 1.54) is 12.8 Å². The molecule has 0 aromatic carbocycles. The van der Waals surface area contributed by atoms with Crippen LogP contribution in [0.2, 0.25) is 0 Å². The molecule has 3 saturated carbocycles. The van der Waals surface area contributed by atoms with E-state index in [0.29, 0.717) is 54.5 Å². The van der Waals surface area contributed by atoms with Crippen molar-refractivity contribution < 1.29 is 14.7 Å². The summed E-state index contributed by atoms with van der Waals surface area (Å²) in [6, 6.07) is 0. The molecule has 0 heterocycles. The summed E-state index contributed by atoms with van der Waals surface area (Å²) in [7, 11) is 0. The molecular weight excluding hydrogens is 396 g/mol. The molecule has 3 rings (SSSR count). The van der Waals surface area contributed by atoms with Crippen LogP contribution in [-0.2, 0) is 9.59 Å². The van der Waals surface area contributed by atoms with E-state index in [4.69, 9.17) is 0 Å². The Morgan fingerprint density at radius 3 is 2.38 bits per heavy atom. The molecule has 0 aromatic heterocycles. The number of carbonyl (C=O) groups is 2. The van der Waals surface area contributed by atoms with E-state index in [-0.39, 0.29) is 22.7 Å². The van der Waals surface area contributed by atoms with Crippen molar-refractivity contribution in [2.45, 2.75) is 112 Å². The summed E-state index contributed by atoms with van der Waals surface area (Å²) in [6.45, 7) is 18.0. The average molecular weight is 445 g/mol. The van der Waals surface area contributed by atoms with E-state index in [0.717, 1.165) is 37.7 Å². The number of hydrogen-bond donors (Lipinski definition) is 1. The molecule has 182 valence electrons. The fourth-order valence-electron chi connectivity index (χ4n) is 7.55. The van der Waals surface area contributed by atoms with Crippen LogP contribution in [0.15, 0.2) is 12.2 Å². The zero-order chi connectivity index (χ0) is 23.8. The van der Waals surface area contributed by atoms with Gasteiger partial charge in [-0.05, 0) is 79.1 Å². The van der Waals surface area contributed by atoms with Gasteiger partial charge >= 0.3 is 0 Å². The third kappa shape index (κ3) is 4.65. The van der Waals surface area contributed by atoms with Crippen LogP contribution in [0.3, 0.4) is 0 Å². The highest BCUT2D eigenvalue weighted by Crippen LogP contribution is 2.57. The van der Waals surface area contributed by atoms with Gasteiger partial charge in [-0.15, -0.1) is 0 Å². The highest BCUT2D eigenvalue weighted by Gasteiger charge is 2.53. The van der Waals surface area contributed by atoms with Gasteiger partial charge in [-0.3, -0.25) is 9.59 Å². The van der Waals surface area contributed by atoms with Gasteiger partial charge in [-0.25, -0.2) is 0 Å². The summed E-state index contributed by atoms with van der Waals surface area (Å²) in [5, 5.41) is 10.4. The van der Waals surface area contributed by atoms with Crippen molar-refractivity contribution >= 4 is 11.6 Å². The number of carbonyl (C=O) groups excluding carboxylic acids is 2. The third-order valence-corrected chi connectivity index (χ3v) is 10.5. The van der Waals surface area contributed by atoms with Crippen molar-refractivity contribution in [3.8, 4) is 0 Å². The SMILES string of the molecule is C=C1[C@@H](O)CC[C@@]2(C)[C@H]1CCC(=O)[C@@H]2CC[C@@]1(C)C(=O)CC[C@@H]1[C@H](C)CC[C@@H](C)C(C)C. The smallest absolute Gasteiger partial charge is 0.139 e. The van der Waals surface area contributed by atoms with Gasteiger partial charge in [-0.2, -0.15) is 0 Å². The Morgan fingerprint density at radius 1 is 1.03 bits per heavy atom. The Balaban J connectivity index is 1.72. The lowest BCUT2D eigenvalue weighted by molar-refractivity contribution is -0.137. The maximum Gasteiger partial charge on any atom is 0.139 e. The second kappa shape index (κ2) is 9.72. The topological polar surface area (TPSA) is 54.4 Å². The quantitative estimate of drug-likeness (QED) is 0.420. The Hall–Kier alpha value is -0.960. The van der Waals surface area contributed by atoms with E-state index in [2.05, 4.69) is 48.1 Å². The first-order valence-electron chi connectivity index (χ1n) is 13.3. The fourth-order valence-corrected chi connectivity index (χ4v) is 7.55. The van der Waals surface area contributed by atoms with Gasteiger partial charge in [0.05, 0.1) is 6.10 Å².